The molecule has 1 aliphatic heterocycles. The third-order valence-corrected chi connectivity index (χ3v) is 3.64. The first kappa shape index (κ1) is 13.8. The van der Waals surface area contributed by atoms with E-state index in [4.69, 9.17) is 0 Å². The Morgan fingerprint density at radius 3 is 1.79 bits per heavy atom. The summed E-state index contributed by atoms with van der Waals surface area (Å²) in [5.74, 6) is 0.446. The summed E-state index contributed by atoms with van der Waals surface area (Å²) in [6.45, 7) is 8.37. The Hall–Kier alpha value is -1.64. The average molecular weight is 259 g/mol. The van der Waals surface area contributed by atoms with Crippen LogP contribution in [-0.4, -0.2) is 22.8 Å². The summed E-state index contributed by atoms with van der Waals surface area (Å²) < 4.78 is 0. The fourth-order valence-corrected chi connectivity index (χ4v) is 2.67. The van der Waals surface area contributed by atoms with Crippen LogP contribution in [0.25, 0.3) is 0 Å². The molecule has 2 rings (SSSR count). The Balaban J connectivity index is 2.36. The molecule has 1 aromatic rings. The maximum absolute atomic E-state index is 12.4. The van der Waals surface area contributed by atoms with Crippen molar-refractivity contribution < 1.29 is 9.59 Å². The predicted octanol–water partition coefficient (Wildman–Crippen LogP) is 3.35. The summed E-state index contributed by atoms with van der Waals surface area (Å²) in [6, 6.07) is 7.07. The third kappa shape index (κ3) is 2.42. The average Bonchev–Trinajstić information content (AvgIpc) is 2.60. The van der Waals surface area contributed by atoms with Gasteiger partial charge in [0.25, 0.3) is 11.8 Å². The molecule has 102 valence electrons. The Morgan fingerprint density at radius 2 is 1.42 bits per heavy atom. The number of carbonyl (C=O) groups is 2. The highest BCUT2D eigenvalue weighted by Crippen LogP contribution is 2.29. The third-order valence-electron chi connectivity index (χ3n) is 3.64. The van der Waals surface area contributed by atoms with E-state index in [2.05, 4.69) is 27.7 Å². The van der Waals surface area contributed by atoms with Crippen molar-refractivity contribution in [2.45, 2.75) is 40.2 Å². The summed E-state index contributed by atoms with van der Waals surface area (Å²) in [4.78, 5) is 26.3. The molecule has 0 aliphatic carbocycles. The number of rotatable bonds is 4. The zero-order valence-corrected chi connectivity index (χ0v) is 12.0. The van der Waals surface area contributed by atoms with Crippen LogP contribution in [0.5, 0.6) is 0 Å². The van der Waals surface area contributed by atoms with Crippen molar-refractivity contribution in [2.75, 3.05) is 0 Å². The second-order valence-corrected chi connectivity index (χ2v) is 5.97. The van der Waals surface area contributed by atoms with Crippen LogP contribution >= 0.6 is 0 Å². The first-order chi connectivity index (χ1) is 8.93. The highest BCUT2D eigenvalue weighted by Gasteiger charge is 2.40. The molecule has 0 saturated carbocycles. The molecular weight excluding hydrogens is 238 g/mol. The first-order valence-corrected chi connectivity index (χ1v) is 6.90. The van der Waals surface area contributed by atoms with Crippen molar-refractivity contribution in [3.05, 3.63) is 35.4 Å². The van der Waals surface area contributed by atoms with Gasteiger partial charge in [-0.05, 0) is 30.4 Å². The molecule has 1 heterocycles. The van der Waals surface area contributed by atoms with Crippen molar-refractivity contribution in [1.29, 1.82) is 0 Å². The smallest absolute Gasteiger partial charge is 0.261 e. The Bertz CT molecular complexity index is 470. The normalized spacial score (nSPS) is 16.4. The monoisotopic (exact) mass is 259 g/mol. The molecule has 0 radical (unpaired) electrons. The standard InChI is InChI=1S/C16H21NO2/c1-10(2)9-14(11(3)4)17-15(18)12-7-5-6-8-13(12)16(17)19/h5-8,10-11,14H,9H2,1-4H3/t14-/m1/s1. The number of hydrogen-bond acceptors (Lipinski definition) is 2. The van der Waals surface area contributed by atoms with Crippen LogP contribution in [0.2, 0.25) is 0 Å². The molecule has 1 aliphatic rings. The van der Waals surface area contributed by atoms with Crippen LogP contribution < -0.4 is 0 Å². The maximum Gasteiger partial charge on any atom is 0.261 e. The first-order valence-electron chi connectivity index (χ1n) is 6.90. The second kappa shape index (κ2) is 5.16. The minimum Gasteiger partial charge on any atom is -0.271 e. The Labute approximate surface area is 114 Å². The molecule has 0 unspecified atom stereocenters. The molecule has 0 aromatic heterocycles. The van der Waals surface area contributed by atoms with E-state index in [-0.39, 0.29) is 23.8 Å². The molecule has 2 amide bonds. The van der Waals surface area contributed by atoms with E-state index >= 15 is 0 Å². The lowest BCUT2D eigenvalue weighted by molar-refractivity contribution is 0.0517. The van der Waals surface area contributed by atoms with Gasteiger partial charge in [0.2, 0.25) is 0 Å². The van der Waals surface area contributed by atoms with E-state index in [0.717, 1.165) is 6.42 Å². The van der Waals surface area contributed by atoms with Crippen LogP contribution in [0.15, 0.2) is 24.3 Å². The number of imide groups is 1. The summed E-state index contributed by atoms with van der Waals surface area (Å²) >= 11 is 0. The van der Waals surface area contributed by atoms with Crippen molar-refractivity contribution in [2.24, 2.45) is 11.8 Å². The van der Waals surface area contributed by atoms with Gasteiger partial charge in [-0.15, -0.1) is 0 Å². The van der Waals surface area contributed by atoms with Gasteiger partial charge in [-0.3, -0.25) is 14.5 Å². The van der Waals surface area contributed by atoms with Crippen LogP contribution in [0.3, 0.4) is 0 Å². The Kier molecular flexibility index (Phi) is 3.74. The minimum atomic E-state index is -0.139. The van der Waals surface area contributed by atoms with E-state index in [1.807, 2.05) is 0 Å². The van der Waals surface area contributed by atoms with Gasteiger partial charge in [-0.25, -0.2) is 0 Å². The molecule has 1 aromatic carbocycles. The van der Waals surface area contributed by atoms with E-state index in [0.29, 0.717) is 17.0 Å². The highest BCUT2D eigenvalue weighted by atomic mass is 16.2. The molecule has 0 fully saturated rings. The van der Waals surface area contributed by atoms with Crippen LogP contribution in [0.4, 0.5) is 0 Å². The molecular formula is C16H21NO2. The van der Waals surface area contributed by atoms with E-state index in [1.165, 1.54) is 4.90 Å². The molecule has 1 atom stereocenters. The molecule has 0 spiro atoms. The van der Waals surface area contributed by atoms with Gasteiger partial charge in [0.05, 0.1) is 11.1 Å². The molecule has 19 heavy (non-hydrogen) atoms. The number of nitrogens with zero attached hydrogens (tertiary/aromatic N) is 1. The maximum atomic E-state index is 12.4. The summed E-state index contributed by atoms with van der Waals surface area (Å²) in [6.07, 6.45) is 0.850. The van der Waals surface area contributed by atoms with Gasteiger partial charge in [0, 0.05) is 6.04 Å². The van der Waals surface area contributed by atoms with Gasteiger partial charge in [0.15, 0.2) is 0 Å². The SMILES string of the molecule is CC(C)C[C@H](C(C)C)N1C(=O)c2ccccc2C1=O. The fraction of sp³-hybridized carbons (Fsp3) is 0.500. The fourth-order valence-electron chi connectivity index (χ4n) is 2.67. The van der Waals surface area contributed by atoms with Crippen LogP contribution in [-0.2, 0) is 0 Å². The van der Waals surface area contributed by atoms with Crippen molar-refractivity contribution in [3.63, 3.8) is 0 Å². The predicted molar refractivity (Wildman–Crippen MR) is 75.0 cm³/mol. The lowest BCUT2D eigenvalue weighted by Crippen LogP contribution is -2.43. The van der Waals surface area contributed by atoms with E-state index in [9.17, 15) is 9.59 Å². The van der Waals surface area contributed by atoms with Gasteiger partial charge >= 0.3 is 0 Å². The number of fused-ring (bicyclic) bond motifs is 1. The number of amides is 2. The zero-order valence-electron chi connectivity index (χ0n) is 12.0. The zero-order chi connectivity index (χ0) is 14.2. The minimum absolute atomic E-state index is 0.0209. The van der Waals surface area contributed by atoms with Gasteiger partial charge in [0.1, 0.15) is 0 Å². The van der Waals surface area contributed by atoms with Crippen LogP contribution in [0.1, 0.15) is 54.8 Å². The summed E-state index contributed by atoms with van der Waals surface area (Å²) in [5, 5.41) is 0. The molecule has 0 bridgehead atoms. The molecule has 3 nitrogen and oxygen atoms in total. The van der Waals surface area contributed by atoms with Crippen molar-refractivity contribution in [1.82, 2.24) is 4.90 Å². The Morgan fingerprint density at radius 1 is 0.947 bits per heavy atom. The topological polar surface area (TPSA) is 37.4 Å². The molecule has 0 saturated heterocycles. The van der Waals surface area contributed by atoms with E-state index < -0.39 is 0 Å². The number of benzene rings is 1. The second-order valence-electron chi connectivity index (χ2n) is 5.97. The molecule has 0 N–H and O–H groups in total. The quantitative estimate of drug-likeness (QED) is 0.778. The van der Waals surface area contributed by atoms with Crippen LogP contribution in [0, 0.1) is 11.8 Å². The van der Waals surface area contributed by atoms with Gasteiger partial charge in [-0.1, -0.05) is 39.8 Å². The summed E-state index contributed by atoms with van der Waals surface area (Å²) in [7, 11) is 0. The largest absolute Gasteiger partial charge is 0.271 e. The van der Waals surface area contributed by atoms with Gasteiger partial charge in [-0.2, -0.15) is 0 Å². The lowest BCUT2D eigenvalue weighted by atomic mass is 9.93. The van der Waals surface area contributed by atoms with Gasteiger partial charge < -0.3 is 0 Å². The number of hydrogen-bond donors (Lipinski definition) is 0. The van der Waals surface area contributed by atoms with Crippen molar-refractivity contribution >= 4 is 11.8 Å². The van der Waals surface area contributed by atoms with E-state index in [1.54, 1.807) is 24.3 Å². The molecule has 3 heteroatoms. The summed E-state index contributed by atoms with van der Waals surface area (Å²) in [5.41, 5.74) is 1.09. The highest BCUT2D eigenvalue weighted by molar-refractivity contribution is 6.21. The van der Waals surface area contributed by atoms with Crippen molar-refractivity contribution in [3.8, 4) is 0 Å². The lowest BCUT2D eigenvalue weighted by Gasteiger charge is -2.30. The number of carbonyl (C=O) groups excluding carboxylic acids is 2.